The van der Waals surface area contributed by atoms with Crippen LogP contribution < -0.4 is 0 Å². The van der Waals surface area contributed by atoms with Crippen LogP contribution in [0.25, 0.3) is 0 Å². The van der Waals surface area contributed by atoms with Crippen molar-refractivity contribution in [2.24, 2.45) is 112 Å². The van der Waals surface area contributed by atoms with Crippen LogP contribution in [0.15, 0.2) is 0 Å². The van der Waals surface area contributed by atoms with E-state index in [0.29, 0.717) is 42.7 Å². The fourth-order valence-electron chi connectivity index (χ4n) is 31.6. The molecule has 132 heavy (non-hydrogen) atoms. The molecule has 4 saturated heterocycles. The van der Waals surface area contributed by atoms with E-state index in [-0.39, 0.29) is 5.60 Å². The van der Waals surface area contributed by atoms with Crippen LogP contribution in [-0.4, -0.2) is 182 Å². The maximum atomic E-state index is 5.75. The molecule has 28 unspecified atom stereocenters. The van der Waals surface area contributed by atoms with E-state index >= 15 is 0 Å². The van der Waals surface area contributed by atoms with Crippen LogP contribution in [0.1, 0.15) is 482 Å². The number of fused-ring (bicyclic) bond motifs is 30. The first-order chi connectivity index (χ1) is 64.9. The zero-order chi connectivity index (χ0) is 92.4. The van der Waals surface area contributed by atoms with Gasteiger partial charge in [-0.15, -0.1) is 0 Å². The summed E-state index contributed by atoms with van der Waals surface area (Å²) in [4.78, 5) is 5.20. The first-order valence-corrected chi connectivity index (χ1v) is 59.6. The topological polar surface area (TPSA) is 98.8 Å². The van der Waals surface area contributed by atoms with Gasteiger partial charge < -0.3 is 57.2 Å². The minimum atomic E-state index is 0.245. The van der Waals surface area contributed by atoms with E-state index < -0.39 is 0 Å². The summed E-state index contributed by atoms with van der Waals surface area (Å²) in [5.74, 6) is 18.3. The van der Waals surface area contributed by atoms with Gasteiger partial charge in [-0.2, -0.15) is 0 Å². The summed E-state index contributed by atoms with van der Waals surface area (Å²) in [6.45, 7) is 9.67. The highest BCUT2D eigenvalue weighted by Crippen LogP contribution is 2.47. The Labute approximate surface area is 818 Å². The molecule has 0 spiro atoms. The summed E-state index contributed by atoms with van der Waals surface area (Å²) in [6, 6.07) is 0. The lowest BCUT2D eigenvalue weighted by molar-refractivity contribution is -0.0337. The minimum absolute atomic E-state index is 0.245. The van der Waals surface area contributed by atoms with Crippen molar-refractivity contribution in [1.82, 2.24) is 9.80 Å². The molecule has 16 aliphatic carbocycles. The van der Waals surface area contributed by atoms with Crippen LogP contribution in [0.3, 0.4) is 0 Å². The van der Waals surface area contributed by atoms with Crippen molar-refractivity contribution >= 4 is 0 Å². The van der Waals surface area contributed by atoms with Gasteiger partial charge in [-0.25, -0.2) is 0 Å². The molecule has 0 aromatic heterocycles. The first kappa shape index (κ1) is 112. The summed E-state index contributed by atoms with van der Waals surface area (Å²) in [7, 11) is 18.9. The molecule has 12 nitrogen and oxygen atoms in total. The van der Waals surface area contributed by atoms with Gasteiger partial charge in [0.15, 0.2) is 0 Å². The fraction of sp³-hybridized carbons (Fsp3) is 1.00. The second-order valence-corrected chi connectivity index (χ2v) is 48.9. The molecular formula is C120H222N2O10. The SMILES string of the molecule is COC12CCCCN(CCC1)CC2.COC1CC2CCCCC(CC2)C1.COC1CC2CCCCC1CCC2.COC1CC2CCCCC1CCC2.COC1CC2CCCCN(CC2)C1.COC1CCC2CCCCC1CC2.COC1CCC2CCCCC1CC2.COC1CCCC2CCCC1CC2.COCC1CCC2CCCC(CC2)C1.COCC1CCCC2CCCC1CC2. The second kappa shape index (κ2) is 65.7. The molecule has 12 heteroatoms. The van der Waals surface area contributed by atoms with Crippen molar-refractivity contribution in [2.45, 2.75) is 530 Å². The quantitative estimate of drug-likeness (QED) is 0.186. The van der Waals surface area contributed by atoms with Gasteiger partial charge in [0.25, 0.3) is 0 Å². The van der Waals surface area contributed by atoms with Crippen LogP contribution in [-0.2, 0) is 47.4 Å². The molecule has 4 heterocycles. The number of hydrogen-bond acceptors (Lipinski definition) is 12. The second-order valence-electron chi connectivity index (χ2n) is 48.9. The third kappa shape index (κ3) is 40.6. The maximum absolute atomic E-state index is 5.75. The first-order valence-electron chi connectivity index (χ1n) is 59.6. The molecule has 0 N–H and O–H groups in total. The van der Waals surface area contributed by atoms with Gasteiger partial charge in [-0.1, -0.05) is 276 Å². The lowest BCUT2D eigenvalue weighted by Gasteiger charge is -2.33. The lowest BCUT2D eigenvalue weighted by Crippen LogP contribution is -2.35. The van der Waals surface area contributed by atoms with Crippen molar-refractivity contribution in [1.29, 1.82) is 0 Å². The fourth-order valence-corrected chi connectivity index (χ4v) is 31.6. The van der Waals surface area contributed by atoms with Crippen molar-refractivity contribution in [2.75, 3.05) is 124 Å². The smallest absolute Gasteiger partial charge is 0.0700 e. The standard InChI is InChI=1S/2C13H24O.6C12H22O.2C11H21NO/c1-14-10-13-7-3-5-11-4-2-6-12(13)9-8-11;1-14-10-13-8-6-11-3-2-4-12(9-13)7-5-11;1-13-12-7-3-5-10-4-2-6-11(12)9-8-10;2*1-13-12-9-10-5-2-3-7-11(12)8-4-6-10;2*1-13-12-9-7-10-4-2-3-5-11(12)8-6-10;1-13-12-8-10-4-2-3-5-11(9-12)7-6-10;1-13-11-5-2-3-8-12(10-7-11)9-4-6-11;1-13-11-8-10-4-2-3-6-12(9-11)7-5-10/h2*11-13H,2-10H2,1H3;6*10-12H,2-9H2,1H3;2-10H2,1H3;10-11H,2-9H2,1H3. The van der Waals surface area contributed by atoms with Gasteiger partial charge in [0.1, 0.15) is 0 Å². The van der Waals surface area contributed by atoms with E-state index in [1.807, 2.05) is 71.1 Å². The Hall–Kier alpha value is -0.480. The highest BCUT2D eigenvalue weighted by atomic mass is 16.5. The molecule has 0 amide bonds. The molecule has 20 fully saturated rings. The van der Waals surface area contributed by atoms with Crippen molar-refractivity contribution in [3.63, 3.8) is 0 Å². The van der Waals surface area contributed by atoms with Crippen molar-refractivity contribution in [3.05, 3.63) is 0 Å². The highest BCUT2D eigenvalue weighted by Gasteiger charge is 2.39. The Bertz CT molecular complexity index is 2630. The molecular weight excluding hydrogens is 1630 g/mol. The van der Waals surface area contributed by atoms with Crippen molar-refractivity contribution in [3.8, 4) is 0 Å². The normalized spacial score (nSPS) is 40.4. The van der Waals surface area contributed by atoms with Crippen LogP contribution in [0, 0.1) is 112 Å². The summed E-state index contributed by atoms with van der Waals surface area (Å²) in [6.07, 6.45) is 111. The van der Waals surface area contributed by atoms with Gasteiger partial charge in [0, 0.05) is 97.4 Å². The molecule has 0 aromatic carbocycles. The van der Waals surface area contributed by atoms with E-state index in [9.17, 15) is 0 Å². The number of methoxy groups -OCH3 is 10. The third-order valence-corrected chi connectivity index (χ3v) is 40.2. The predicted molar refractivity (Wildman–Crippen MR) is 555 cm³/mol. The Morgan fingerprint density at radius 1 is 0.197 bits per heavy atom. The predicted octanol–water partition coefficient (Wildman–Crippen LogP) is 31.5. The van der Waals surface area contributed by atoms with Gasteiger partial charge in [-0.3, -0.25) is 0 Å². The molecule has 772 valence electrons. The lowest BCUT2D eigenvalue weighted by atomic mass is 9.80. The van der Waals surface area contributed by atoms with E-state index in [1.54, 1.807) is 0 Å². The maximum Gasteiger partial charge on any atom is 0.0700 e. The molecule has 16 saturated carbocycles. The molecule has 4 aliphatic heterocycles. The Balaban J connectivity index is 0.000000141. The van der Waals surface area contributed by atoms with Crippen molar-refractivity contribution < 1.29 is 47.4 Å². The highest BCUT2D eigenvalue weighted by molar-refractivity contribution is 4.91. The minimum Gasteiger partial charge on any atom is -0.384 e. The Morgan fingerprint density at radius 2 is 0.515 bits per heavy atom. The van der Waals surface area contributed by atoms with Gasteiger partial charge in [-0.05, 0) is 344 Å². The van der Waals surface area contributed by atoms with Gasteiger partial charge in [0.05, 0.1) is 48.3 Å². The van der Waals surface area contributed by atoms with Crippen LogP contribution in [0.4, 0.5) is 0 Å². The number of ether oxygens (including phenoxy) is 10. The molecule has 20 rings (SSSR count). The molecule has 0 radical (unpaired) electrons. The van der Waals surface area contributed by atoms with E-state index in [4.69, 9.17) is 47.4 Å². The summed E-state index contributed by atoms with van der Waals surface area (Å²) >= 11 is 0. The number of nitrogens with zero attached hydrogens (tertiary/aromatic N) is 2. The molecule has 0 aromatic rings. The van der Waals surface area contributed by atoms with Gasteiger partial charge >= 0.3 is 0 Å². The Kier molecular flexibility index (Phi) is 55.7. The zero-order valence-electron chi connectivity index (χ0n) is 89.2. The Morgan fingerprint density at radius 3 is 1.00 bits per heavy atom. The average Bonchev–Trinajstić information content (AvgIpc) is 1.66. The number of rotatable bonds is 12. The molecule has 20 aliphatic rings. The van der Waals surface area contributed by atoms with Gasteiger partial charge in [0.2, 0.25) is 0 Å². The van der Waals surface area contributed by atoms with E-state index in [0.717, 1.165) is 126 Å². The average molecular weight is 1850 g/mol. The van der Waals surface area contributed by atoms with Crippen LogP contribution >= 0.6 is 0 Å². The zero-order valence-corrected chi connectivity index (χ0v) is 89.2. The summed E-state index contributed by atoms with van der Waals surface area (Å²) < 4.78 is 55.6. The summed E-state index contributed by atoms with van der Waals surface area (Å²) in [5, 5.41) is 0. The number of hydrogen-bond donors (Lipinski definition) is 0. The van der Waals surface area contributed by atoms with Crippen LogP contribution in [0.5, 0.6) is 0 Å². The summed E-state index contributed by atoms with van der Waals surface area (Å²) in [5.41, 5.74) is 0.245. The third-order valence-electron chi connectivity index (χ3n) is 40.2. The van der Waals surface area contributed by atoms with Crippen LogP contribution in [0.2, 0.25) is 0 Å². The van der Waals surface area contributed by atoms with E-state index in [1.165, 1.54) is 521 Å². The largest absolute Gasteiger partial charge is 0.384 e. The molecule has 20 bridgehead atoms. The monoisotopic (exact) mass is 1850 g/mol. The van der Waals surface area contributed by atoms with E-state index in [2.05, 4.69) is 9.80 Å². The molecule has 28 atom stereocenters.